The Labute approximate surface area is 95.7 Å². The summed E-state index contributed by atoms with van der Waals surface area (Å²) in [5, 5.41) is 14.2. The SMILES string of the molecule is C[SH+]CCOCn1ncc([N+](=O)[O-])c1Cl. The van der Waals surface area contributed by atoms with Gasteiger partial charge in [-0.3, -0.25) is 10.1 Å². The van der Waals surface area contributed by atoms with Gasteiger partial charge in [-0.25, -0.2) is 4.68 Å². The molecule has 0 radical (unpaired) electrons. The minimum atomic E-state index is -0.573. The zero-order valence-corrected chi connectivity index (χ0v) is 9.74. The van der Waals surface area contributed by atoms with E-state index in [1.165, 1.54) is 16.4 Å². The molecule has 1 aromatic heterocycles. The Hall–Kier alpha value is -0.790. The molecule has 0 unspecified atom stereocenters. The molecule has 0 aliphatic rings. The van der Waals surface area contributed by atoms with Crippen LogP contribution >= 0.6 is 11.6 Å². The molecule has 1 heterocycles. The third kappa shape index (κ3) is 3.37. The topological polar surface area (TPSA) is 70.2 Å². The van der Waals surface area contributed by atoms with E-state index in [-0.39, 0.29) is 17.6 Å². The second kappa shape index (κ2) is 5.94. The maximum absolute atomic E-state index is 10.4. The van der Waals surface area contributed by atoms with Crippen molar-refractivity contribution in [3.63, 3.8) is 0 Å². The van der Waals surface area contributed by atoms with Gasteiger partial charge in [0.25, 0.3) is 0 Å². The molecule has 0 aromatic carbocycles. The van der Waals surface area contributed by atoms with Gasteiger partial charge in [-0.1, -0.05) is 11.6 Å². The smallest absolute Gasteiger partial charge is 0.325 e. The van der Waals surface area contributed by atoms with E-state index in [2.05, 4.69) is 5.10 Å². The van der Waals surface area contributed by atoms with Crippen molar-refractivity contribution in [3.8, 4) is 0 Å². The molecule has 0 fully saturated rings. The van der Waals surface area contributed by atoms with Gasteiger partial charge >= 0.3 is 5.69 Å². The molecule has 0 N–H and O–H groups in total. The summed E-state index contributed by atoms with van der Waals surface area (Å²) >= 11 is 6.95. The van der Waals surface area contributed by atoms with Crippen LogP contribution in [0.15, 0.2) is 6.20 Å². The van der Waals surface area contributed by atoms with Crippen LogP contribution in [0.4, 0.5) is 5.69 Å². The van der Waals surface area contributed by atoms with Crippen LogP contribution in [0.1, 0.15) is 0 Å². The molecule has 0 aliphatic carbocycles. The normalized spacial score (nSPS) is 10.5. The van der Waals surface area contributed by atoms with E-state index >= 15 is 0 Å². The number of nitro groups is 1. The Morgan fingerprint density at radius 1 is 1.80 bits per heavy atom. The van der Waals surface area contributed by atoms with Gasteiger partial charge in [0.2, 0.25) is 5.15 Å². The van der Waals surface area contributed by atoms with Gasteiger partial charge in [0, 0.05) is 0 Å². The lowest BCUT2D eigenvalue weighted by molar-refractivity contribution is -0.384. The zero-order chi connectivity index (χ0) is 11.3. The molecule has 0 saturated heterocycles. The number of rotatable bonds is 6. The predicted molar refractivity (Wildman–Crippen MR) is 59.4 cm³/mol. The molecule has 0 saturated carbocycles. The number of thiol groups is 1. The highest BCUT2D eigenvalue weighted by atomic mass is 35.5. The standard InChI is InChI=1S/C7H10ClN3O3S/c1-15-3-2-14-5-10-7(8)6(4-9-10)11(12)13/h4H,2-3,5H2,1H3/p+1. The summed E-state index contributed by atoms with van der Waals surface area (Å²) < 4.78 is 6.48. The minimum Gasteiger partial charge on any atom is -0.354 e. The van der Waals surface area contributed by atoms with Crippen molar-refractivity contribution < 1.29 is 9.66 Å². The van der Waals surface area contributed by atoms with Crippen LogP contribution in [0.3, 0.4) is 0 Å². The molecule has 0 spiro atoms. The lowest BCUT2D eigenvalue weighted by atomic mass is 10.6. The Balaban J connectivity index is 2.51. The fourth-order valence-electron chi connectivity index (χ4n) is 0.880. The van der Waals surface area contributed by atoms with E-state index < -0.39 is 4.92 Å². The van der Waals surface area contributed by atoms with Crippen LogP contribution in [-0.4, -0.2) is 33.3 Å². The molecule has 15 heavy (non-hydrogen) atoms. The molecule has 1 aromatic rings. The van der Waals surface area contributed by atoms with E-state index in [4.69, 9.17) is 16.3 Å². The van der Waals surface area contributed by atoms with E-state index in [0.29, 0.717) is 6.61 Å². The van der Waals surface area contributed by atoms with Crippen molar-refractivity contribution in [2.45, 2.75) is 6.73 Å². The molecule has 1 rings (SSSR count). The summed E-state index contributed by atoms with van der Waals surface area (Å²) in [6.07, 6.45) is 3.14. The highest BCUT2D eigenvalue weighted by molar-refractivity contribution is 7.77. The number of aromatic nitrogens is 2. The quantitative estimate of drug-likeness (QED) is 0.248. The molecule has 0 atom stereocenters. The third-order valence-corrected chi connectivity index (χ3v) is 2.65. The Morgan fingerprint density at radius 3 is 3.07 bits per heavy atom. The molecule has 0 bridgehead atoms. The number of hydrogen-bond acceptors (Lipinski definition) is 4. The van der Waals surface area contributed by atoms with Gasteiger partial charge in [-0.15, -0.1) is 0 Å². The van der Waals surface area contributed by atoms with E-state index in [1.807, 2.05) is 6.26 Å². The van der Waals surface area contributed by atoms with Crippen molar-refractivity contribution in [2.75, 3.05) is 18.6 Å². The van der Waals surface area contributed by atoms with Gasteiger partial charge in [-0.2, -0.15) is 5.10 Å². The summed E-state index contributed by atoms with van der Waals surface area (Å²) in [5.74, 6) is 0.918. The molecule has 6 nitrogen and oxygen atoms in total. The van der Waals surface area contributed by atoms with Crippen LogP contribution in [0.5, 0.6) is 0 Å². The van der Waals surface area contributed by atoms with E-state index in [9.17, 15) is 10.1 Å². The van der Waals surface area contributed by atoms with Gasteiger partial charge in [0.1, 0.15) is 18.7 Å². The molecular weight excluding hydrogens is 242 g/mol. The fourth-order valence-corrected chi connectivity index (χ4v) is 1.40. The van der Waals surface area contributed by atoms with Crippen LogP contribution in [0.2, 0.25) is 5.15 Å². The number of hydrogen-bond donors (Lipinski definition) is 0. The largest absolute Gasteiger partial charge is 0.354 e. The highest BCUT2D eigenvalue weighted by Crippen LogP contribution is 2.22. The predicted octanol–water partition coefficient (Wildman–Crippen LogP) is 0.863. The van der Waals surface area contributed by atoms with Gasteiger partial charge in [-0.05, 0) is 11.8 Å². The first-order chi connectivity index (χ1) is 7.16. The average molecular weight is 253 g/mol. The first-order valence-corrected chi connectivity index (χ1v) is 6.06. The Kier molecular flexibility index (Phi) is 4.86. The van der Waals surface area contributed by atoms with Crippen molar-refractivity contribution in [1.29, 1.82) is 0 Å². The van der Waals surface area contributed by atoms with Crippen molar-refractivity contribution >= 4 is 29.1 Å². The first kappa shape index (κ1) is 12.3. The Morgan fingerprint density at radius 2 is 2.53 bits per heavy atom. The van der Waals surface area contributed by atoms with Crippen LogP contribution in [-0.2, 0) is 23.2 Å². The summed E-state index contributed by atoms with van der Waals surface area (Å²) in [5.41, 5.74) is -0.200. The maximum Gasteiger partial charge on any atom is 0.325 e. The number of ether oxygens (including phenoxy) is 1. The number of nitrogens with zero attached hydrogens (tertiary/aromatic N) is 3. The van der Waals surface area contributed by atoms with Crippen LogP contribution in [0.25, 0.3) is 0 Å². The number of halogens is 1. The minimum absolute atomic E-state index is 0.00551. The summed E-state index contributed by atoms with van der Waals surface area (Å²) in [7, 11) is 0. The monoisotopic (exact) mass is 252 g/mol. The van der Waals surface area contributed by atoms with Crippen LogP contribution < -0.4 is 0 Å². The zero-order valence-electron chi connectivity index (χ0n) is 8.09. The van der Waals surface area contributed by atoms with E-state index in [0.717, 1.165) is 11.9 Å². The molecule has 0 amide bonds. The van der Waals surface area contributed by atoms with E-state index in [1.54, 1.807) is 0 Å². The van der Waals surface area contributed by atoms with Crippen molar-refractivity contribution in [2.24, 2.45) is 0 Å². The Bertz CT molecular complexity index is 344. The average Bonchev–Trinajstić information content (AvgIpc) is 2.55. The second-order valence-electron chi connectivity index (χ2n) is 2.65. The lowest BCUT2D eigenvalue weighted by Crippen LogP contribution is -2.08. The first-order valence-electron chi connectivity index (χ1n) is 4.16. The fraction of sp³-hybridized carbons (Fsp3) is 0.571. The second-order valence-corrected chi connectivity index (χ2v) is 4.09. The summed E-state index contributed by atoms with van der Waals surface area (Å²) in [6, 6.07) is 0. The maximum atomic E-state index is 10.4. The van der Waals surface area contributed by atoms with Gasteiger partial charge < -0.3 is 4.74 Å². The van der Waals surface area contributed by atoms with Gasteiger partial charge in [0.15, 0.2) is 0 Å². The van der Waals surface area contributed by atoms with Crippen molar-refractivity contribution in [1.82, 2.24) is 9.78 Å². The third-order valence-electron chi connectivity index (χ3n) is 1.63. The van der Waals surface area contributed by atoms with Crippen molar-refractivity contribution in [3.05, 3.63) is 21.5 Å². The lowest BCUT2D eigenvalue weighted by Gasteiger charge is -2.01. The molecule has 0 aliphatic heterocycles. The molecular formula is C7H11ClN3O3S+. The summed E-state index contributed by atoms with van der Waals surface area (Å²) in [4.78, 5) is 9.86. The molecule has 84 valence electrons. The van der Waals surface area contributed by atoms with Crippen LogP contribution in [0, 0.1) is 10.1 Å². The summed E-state index contributed by atoms with van der Waals surface area (Å²) in [6.45, 7) is 0.726. The molecule has 8 heteroatoms. The highest BCUT2D eigenvalue weighted by Gasteiger charge is 2.18. The van der Waals surface area contributed by atoms with Gasteiger partial charge in [0.05, 0.1) is 17.8 Å².